The minimum Gasteiger partial charge on any atom is -0.329 e. The summed E-state index contributed by atoms with van der Waals surface area (Å²) >= 11 is 0. The van der Waals surface area contributed by atoms with Crippen LogP contribution in [-0.2, 0) is 14.8 Å². The van der Waals surface area contributed by atoms with E-state index in [-0.39, 0.29) is 29.1 Å². The van der Waals surface area contributed by atoms with Crippen molar-refractivity contribution in [3.8, 4) is 0 Å². The Kier molecular flexibility index (Phi) is 6.31. The predicted octanol–water partition coefficient (Wildman–Crippen LogP) is 1.97. The van der Waals surface area contributed by atoms with Crippen molar-refractivity contribution >= 4 is 21.6 Å². The standard InChI is InChI=1S/C16H24FN3O3S/c1-11(21)19-15-9-13(7-8-14(15)17)24(22,23)20-16(10-18)12-5-3-2-4-6-12/h7-9,12,16,20H,2-6,10,18H2,1H3,(H,19,21). The molecule has 6 nitrogen and oxygen atoms in total. The van der Waals surface area contributed by atoms with Crippen molar-refractivity contribution in [2.75, 3.05) is 11.9 Å². The first-order valence-electron chi connectivity index (χ1n) is 8.13. The van der Waals surface area contributed by atoms with Gasteiger partial charge in [-0.15, -0.1) is 0 Å². The molecule has 8 heteroatoms. The summed E-state index contributed by atoms with van der Waals surface area (Å²) in [5, 5.41) is 2.29. The average molecular weight is 357 g/mol. The van der Waals surface area contributed by atoms with E-state index >= 15 is 0 Å². The van der Waals surface area contributed by atoms with Crippen molar-refractivity contribution in [3.63, 3.8) is 0 Å². The fourth-order valence-corrected chi connectivity index (χ4v) is 4.44. The maximum absolute atomic E-state index is 13.7. The molecule has 0 bridgehead atoms. The molecule has 1 atom stereocenters. The molecule has 0 aromatic heterocycles. The van der Waals surface area contributed by atoms with Gasteiger partial charge in [-0.3, -0.25) is 4.79 Å². The van der Waals surface area contributed by atoms with Gasteiger partial charge in [0, 0.05) is 19.5 Å². The molecule has 2 rings (SSSR count). The molecule has 4 N–H and O–H groups in total. The van der Waals surface area contributed by atoms with Gasteiger partial charge < -0.3 is 11.1 Å². The van der Waals surface area contributed by atoms with Crippen LogP contribution in [0.2, 0.25) is 0 Å². The second-order valence-corrected chi connectivity index (χ2v) is 7.90. The van der Waals surface area contributed by atoms with Gasteiger partial charge in [-0.1, -0.05) is 19.3 Å². The molecule has 1 aliphatic carbocycles. The van der Waals surface area contributed by atoms with E-state index in [1.807, 2.05) is 0 Å². The van der Waals surface area contributed by atoms with Crippen molar-refractivity contribution in [3.05, 3.63) is 24.0 Å². The van der Waals surface area contributed by atoms with Crippen LogP contribution in [0.3, 0.4) is 0 Å². The van der Waals surface area contributed by atoms with E-state index in [1.54, 1.807) is 0 Å². The van der Waals surface area contributed by atoms with Crippen LogP contribution in [0, 0.1) is 11.7 Å². The van der Waals surface area contributed by atoms with E-state index in [0.717, 1.165) is 37.8 Å². The first-order chi connectivity index (χ1) is 11.3. The van der Waals surface area contributed by atoms with Crippen LogP contribution in [-0.4, -0.2) is 26.9 Å². The largest absolute Gasteiger partial charge is 0.329 e. The fraction of sp³-hybridized carbons (Fsp3) is 0.562. The summed E-state index contributed by atoms with van der Waals surface area (Å²) in [6, 6.07) is 2.98. The zero-order valence-electron chi connectivity index (χ0n) is 13.7. The topological polar surface area (TPSA) is 101 Å². The summed E-state index contributed by atoms with van der Waals surface area (Å²) in [5.74, 6) is -0.945. The minimum atomic E-state index is -3.84. The number of hydrogen-bond acceptors (Lipinski definition) is 4. The van der Waals surface area contributed by atoms with Crippen molar-refractivity contribution in [1.29, 1.82) is 0 Å². The van der Waals surface area contributed by atoms with Gasteiger partial charge in [0.05, 0.1) is 10.6 Å². The molecule has 0 spiro atoms. The van der Waals surface area contributed by atoms with Crippen LogP contribution < -0.4 is 15.8 Å². The number of sulfonamides is 1. The van der Waals surface area contributed by atoms with Crippen LogP contribution in [0.15, 0.2) is 23.1 Å². The molecule has 1 aromatic rings. The Morgan fingerprint density at radius 1 is 1.33 bits per heavy atom. The summed E-state index contributed by atoms with van der Waals surface area (Å²) in [7, 11) is -3.84. The number of carbonyl (C=O) groups is 1. The van der Waals surface area contributed by atoms with E-state index in [1.165, 1.54) is 19.4 Å². The molecule has 1 amide bonds. The highest BCUT2D eigenvalue weighted by Gasteiger charge is 2.27. The average Bonchev–Trinajstić information content (AvgIpc) is 2.55. The molecule has 0 heterocycles. The maximum atomic E-state index is 13.7. The Labute approximate surface area is 142 Å². The number of rotatable bonds is 6. The van der Waals surface area contributed by atoms with Gasteiger partial charge in [0.1, 0.15) is 5.82 Å². The van der Waals surface area contributed by atoms with E-state index in [0.29, 0.717) is 0 Å². The molecule has 0 radical (unpaired) electrons. The Hall–Kier alpha value is -1.51. The third-order valence-electron chi connectivity index (χ3n) is 4.34. The quantitative estimate of drug-likeness (QED) is 0.724. The number of hydrogen-bond donors (Lipinski definition) is 3. The van der Waals surface area contributed by atoms with Crippen LogP contribution in [0.4, 0.5) is 10.1 Å². The first kappa shape index (κ1) is 18.8. The smallest absolute Gasteiger partial charge is 0.240 e. The molecule has 24 heavy (non-hydrogen) atoms. The van der Waals surface area contributed by atoms with Crippen molar-refractivity contribution in [1.82, 2.24) is 4.72 Å². The first-order valence-corrected chi connectivity index (χ1v) is 9.61. The second kappa shape index (κ2) is 8.04. The van der Waals surface area contributed by atoms with Gasteiger partial charge in [-0.05, 0) is 37.0 Å². The van der Waals surface area contributed by atoms with Crippen molar-refractivity contribution in [2.24, 2.45) is 11.7 Å². The van der Waals surface area contributed by atoms with Crippen molar-refractivity contribution in [2.45, 2.75) is 50.0 Å². The lowest BCUT2D eigenvalue weighted by Gasteiger charge is -2.29. The number of halogens is 1. The van der Waals surface area contributed by atoms with Crippen LogP contribution in [0.5, 0.6) is 0 Å². The molecule has 1 aliphatic rings. The molecule has 1 saturated carbocycles. The number of amides is 1. The fourth-order valence-electron chi connectivity index (χ4n) is 3.10. The van der Waals surface area contributed by atoms with Crippen LogP contribution in [0.1, 0.15) is 39.0 Å². The van der Waals surface area contributed by atoms with Gasteiger partial charge in [0.25, 0.3) is 0 Å². The highest BCUT2D eigenvalue weighted by molar-refractivity contribution is 7.89. The van der Waals surface area contributed by atoms with E-state index < -0.39 is 21.7 Å². The number of nitrogens with two attached hydrogens (primary N) is 1. The minimum absolute atomic E-state index is 0.0955. The summed E-state index contributed by atoms with van der Waals surface area (Å²) < 4.78 is 41.5. The predicted molar refractivity (Wildman–Crippen MR) is 90.4 cm³/mol. The van der Waals surface area contributed by atoms with Crippen LogP contribution >= 0.6 is 0 Å². The molecule has 0 aliphatic heterocycles. The van der Waals surface area contributed by atoms with Gasteiger partial charge in [0.2, 0.25) is 15.9 Å². The highest BCUT2D eigenvalue weighted by atomic mass is 32.2. The molecule has 1 aromatic carbocycles. The number of anilines is 1. The Morgan fingerprint density at radius 3 is 2.58 bits per heavy atom. The van der Waals surface area contributed by atoms with E-state index in [4.69, 9.17) is 5.73 Å². The molecule has 1 fully saturated rings. The third-order valence-corrected chi connectivity index (χ3v) is 5.83. The molecular formula is C16H24FN3O3S. The molecule has 0 saturated heterocycles. The monoisotopic (exact) mass is 357 g/mol. The SMILES string of the molecule is CC(=O)Nc1cc(S(=O)(=O)NC(CN)C2CCCCC2)ccc1F. The molecule has 1 unspecified atom stereocenters. The normalized spacial score (nSPS) is 17.5. The lowest BCUT2D eigenvalue weighted by molar-refractivity contribution is -0.114. The Bertz CT molecular complexity index is 688. The lowest BCUT2D eigenvalue weighted by Crippen LogP contribution is -2.45. The number of benzene rings is 1. The number of nitrogens with one attached hydrogen (secondary N) is 2. The summed E-state index contributed by atoms with van der Waals surface area (Å²) in [5.41, 5.74) is 5.60. The van der Waals surface area contributed by atoms with Gasteiger partial charge in [-0.25, -0.2) is 17.5 Å². The summed E-state index contributed by atoms with van der Waals surface area (Å²) in [6.07, 6.45) is 5.21. The third kappa shape index (κ3) is 4.75. The highest BCUT2D eigenvalue weighted by Crippen LogP contribution is 2.27. The zero-order chi connectivity index (χ0) is 17.7. The lowest BCUT2D eigenvalue weighted by atomic mass is 9.84. The van der Waals surface area contributed by atoms with E-state index in [2.05, 4.69) is 10.0 Å². The zero-order valence-corrected chi connectivity index (χ0v) is 14.5. The summed E-state index contributed by atoms with van der Waals surface area (Å²) in [6.45, 7) is 1.44. The maximum Gasteiger partial charge on any atom is 0.240 e. The second-order valence-electron chi connectivity index (χ2n) is 6.18. The van der Waals surface area contributed by atoms with Gasteiger partial charge >= 0.3 is 0 Å². The Morgan fingerprint density at radius 2 is 2.00 bits per heavy atom. The number of carbonyl (C=O) groups excluding carboxylic acids is 1. The van der Waals surface area contributed by atoms with Gasteiger partial charge in [0.15, 0.2) is 0 Å². The summed E-state index contributed by atoms with van der Waals surface area (Å²) in [4.78, 5) is 11.0. The van der Waals surface area contributed by atoms with E-state index in [9.17, 15) is 17.6 Å². The van der Waals surface area contributed by atoms with Crippen LogP contribution in [0.25, 0.3) is 0 Å². The van der Waals surface area contributed by atoms with Crippen molar-refractivity contribution < 1.29 is 17.6 Å². The van der Waals surface area contributed by atoms with Gasteiger partial charge in [-0.2, -0.15) is 0 Å². The Balaban J connectivity index is 2.20. The molecule has 134 valence electrons. The molecular weight excluding hydrogens is 333 g/mol.